The zero-order chi connectivity index (χ0) is 28.8. The van der Waals surface area contributed by atoms with Crippen LogP contribution in [0.1, 0.15) is 16.4 Å². The number of ether oxygens (including phenoxy) is 1. The van der Waals surface area contributed by atoms with Gasteiger partial charge in [0.1, 0.15) is 23.4 Å². The van der Waals surface area contributed by atoms with Gasteiger partial charge in [0, 0.05) is 26.5 Å². The van der Waals surface area contributed by atoms with Gasteiger partial charge in [-0.2, -0.15) is 0 Å². The monoisotopic (exact) mass is 653 g/mol. The number of imide groups is 1. The molecule has 4 aromatic rings. The van der Waals surface area contributed by atoms with E-state index < -0.39 is 28.8 Å². The lowest BCUT2D eigenvalue weighted by atomic mass is 9.82. The van der Waals surface area contributed by atoms with E-state index in [4.69, 9.17) is 4.74 Å². The Morgan fingerprint density at radius 2 is 1.71 bits per heavy atom. The normalized spacial score (nSPS) is 19.6. The van der Waals surface area contributed by atoms with Gasteiger partial charge >= 0.3 is 4.87 Å². The summed E-state index contributed by atoms with van der Waals surface area (Å²) in [4.78, 5) is 55.5. The van der Waals surface area contributed by atoms with Gasteiger partial charge in [0.25, 0.3) is 0 Å². The van der Waals surface area contributed by atoms with Crippen molar-refractivity contribution in [3.05, 3.63) is 103 Å². The second-order valence-corrected chi connectivity index (χ2v) is 12.5. The third kappa shape index (κ3) is 4.89. The number of amides is 3. The van der Waals surface area contributed by atoms with Crippen LogP contribution in [0.5, 0.6) is 5.75 Å². The minimum Gasteiger partial charge on any atom is -0.496 e. The topological polar surface area (TPSA) is 97.7 Å². The Hall–Kier alpha value is -3.74. The van der Waals surface area contributed by atoms with Crippen LogP contribution in [-0.2, 0) is 20.9 Å². The summed E-state index contributed by atoms with van der Waals surface area (Å²) in [6, 6.07) is 19.4. The molecule has 1 saturated heterocycles. The maximum atomic E-state index is 14.0. The van der Waals surface area contributed by atoms with Crippen molar-refractivity contribution in [1.82, 2.24) is 4.57 Å². The van der Waals surface area contributed by atoms with E-state index in [1.807, 2.05) is 18.2 Å². The number of para-hydroxylation sites is 1. The minimum atomic E-state index is -0.825. The number of thiazole rings is 1. The summed E-state index contributed by atoms with van der Waals surface area (Å²) >= 11 is 5.47. The largest absolute Gasteiger partial charge is 0.496 e. The Bertz CT molecular complexity index is 1740. The van der Waals surface area contributed by atoms with Crippen molar-refractivity contribution in [1.29, 1.82) is 0 Å². The third-order valence-corrected chi connectivity index (χ3v) is 10.2. The highest BCUT2D eigenvalue weighted by molar-refractivity contribution is 9.10. The summed E-state index contributed by atoms with van der Waals surface area (Å²) in [6.07, 6.45) is 0. The molecule has 0 unspecified atom stereocenters. The van der Waals surface area contributed by atoms with Crippen molar-refractivity contribution in [3.63, 3.8) is 0 Å². The number of thioether (sulfide) groups is 1. The molecule has 2 aliphatic rings. The van der Waals surface area contributed by atoms with Crippen molar-refractivity contribution >= 4 is 68.1 Å². The lowest BCUT2D eigenvalue weighted by Gasteiger charge is -2.31. The van der Waals surface area contributed by atoms with E-state index >= 15 is 0 Å². The van der Waals surface area contributed by atoms with Crippen LogP contribution >= 0.6 is 39.0 Å². The summed E-state index contributed by atoms with van der Waals surface area (Å²) in [5, 5.41) is 2.31. The number of benzene rings is 3. The lowest BCUT2D eigenvalue weighted by molar-refractivity contribution is -0.122. The maximum Gasteiger partial charge on any atom is 0.308 e. The molecule has 6 rings (SSSR count). The average Bonchev–Trinajstić information content (AvgIpc) is 3.41. The van der Waals surface area contributed by atoms with Crippen LogP contribution in [0.25, 0.3) is 0 Å². The number of carbonyl (C=O) groups is 3. The Morgan fingerprint density at radius 3 is 2.41 bits per heavy atom. The number of anilines is 2. The van der Waals surface area contributed by atoms with Crippen LogP contribution in [0.3, 0.4) is 0 Å². The second-order valence-electron chi connectivity index (χ2n) is 9.45. The number of hydrogen-bond donors (Lipinski definition) is 1. The van der Waals surface area contributed by atoms with Crippen molar-refractivity contribution < 1.29 is 23.5 Å². The zero-order valence-electron chi connectivity index (χ0n) is 21.4. The van der Waals surface area contributed by atoms with E-state index in [0.29, 0.717) is 32.6 Å². The molecule has 0 radical (unpaired) electrons. The standard InChI is InChI=1S/C29H21BrFN3O5S2/c1-39-20-5-3-2-4-19(20)22-23-24(27(37)34(26(23)36)18-12-6-15(30)7-13-18)40-28-25(22)41-29(38)33(28)14-21(35)32-17-10-8-16(31)9-11-17/h2-13,22-24H,14H2,1H3,(H,32,35)/t22-,23-,24+/m0/s1. The smallest absolute Gasteiger partial charge is 0.308 e. The predicted octanol–water partition coefficient (Wildman–Crippen LogP) is 5.25. The Kier molecular flexibility index (Phi) is 7.30. The summed E-state index contributed by atoms with van der Waals surface area (Å²) in [5.41, 5.74) is 1.51. The van der Waals surface area contributed by atoms with Gasteiger partial charge in [0.15, 0.2) is 0 Å². The minimum absolute atomic E-state index is 0.316. The fourth-order valence-corrected chi connectivity index (χ4v) is 8.26. The van der Waals surface area contributed by atoms with Crippen molar-refractivity contribution in [2.24, 2.45) is 5.92 Å². The molecule has 0 aliphatic carbocycles. The first-order chi connectivity index (χ1) is 19.8. The first kappa shape index (κ1) is 27.4. The highest BCUT2D eigenvalue weighted by atomic mass is 79.9. The van der Waals surface area contributed by atoms with Crippen LogP contribution < -0.4 is 19.8 Å². The number of rotatable bonds is 6. The van der Waals surface area contributed by atoms with Gasteiger partial charge in [-0.05, 0) is 54.6 Å². The van der Waals surface area contributed by atoms with E-state index in [1.54, 1.807) is 30.3 Å². The number of halogens is 2. The van der Waals surface area contributed by atoms with E-state index in [9.17, 15) is 23.6 Å². The fourth-order valence-electron chi connectivity index (χ4n) is 5.24. The number of aromatic nitrogens is 1. The van der Waals surface area contributed by atoms with Crippen LogP contribution in [-0.4, -0.2) is 34.6 Å². The average molecular weight is 655 g/mol. The zero-order valence-corrected chi connectivity index (χ0v) is 24.6. The molecule has 0 spiro atoms. The fraction of sp³-hybridized carbons (Fsp3) is 0.172. The molecule has 12 heteroatoms. The first-order valence-corrected chi connectivity index (χ1v) is 15.0. The number of hydrogen-bond acceptors (Lipinski definition) is 7. The van der Waals surface area contributed by atoms with Gasteiger partial charge in [-0.3, -0.25) is 23.7 Å². The molecule has 3 heterocycles. The van der Waals surface area contributed by atoms with Crippen molar-refractivity contribution in [2.45, 2.75) is 22.7 Å². The van der Waals surface area contributed by atoms with Crippen LogP contribution in [0.4, 0.5) is 15.8 Å². The van der Waals surface area contributed by atoms with Gasteiger partial charge in [-0.25, -0.2) is 9.29 Å². The van der Waals surface area contributed by atoms with Gasteiger partial charge in [0.2, 0.25) is 17.7 Å². The highest BCUT2D eigenvalue weighted by Gasteiger charge is 2.57. The third-order valence-electron chi connectivity index (χ3n) is 7.04. The van der Waals surface area contributed by atoms with Crippen LogP contribution in [0, 0.1) is 11.7 Å². The van der Waals surface area contributed by atoms with Gasteiger partial charge in [-0.1, -0.05) is 57.2 Å². The molecule has 208 valence electrons. The molecule has 1 fully saturated rings. The summed E-state index contributed by atoms with van der Waals surface area (Å²) in [5.74, 6) is -2.59. The molecule has 1 N–H and O–H groups in total. The Morgan fingerprint density at radius 1 is 1.00 bits per heavy atom. The lowest BCUT2D eigenvalue weighted by Crippen LogP contribution is -2.33. The van der Waals surface area contributed by atoms with E-state index in [-0.39, 0.29) is 23.2 Å². The molecule has 3 atom stereocenters. The molecule has 2 aliphatic heterocycles. The number of methoxy groups -OCH3 is 1. The molecule has 41 heavy (non-hydrogen) atoms. The molecule has 1 aromatic heterocycles. The van der Waals surface area contributed by atoms with Crippen molar-refractivity contribution in [2.75, 3.05) is 17.3 Å². The van der Waals surface area contributed by atoms with Gasteiger partial charge in [0.05, 0.1) is 23.7 Å². The Labute approximate surface area is 250 Å². The van der Waals surface area contributed by atoms with E-state index in [1.165, 1.54) is 40.8 Å². The molecule has 0 saturated carbocycles. The Balaban J connectivity index is 1.43. The predicted molar refractivity (Wildman–Crippen MR) is 158 cm³/mol. The van der Waals surface area contributed by atoms with E-state index in [2.05, 4.69) is 21.2 Å². The summed E-state index contributed by atoms with van der Waals surface area (Å²) in [7, 11) is 1.53. The number of carbonyl (C=O) groups excluding carboxylic acids is 3. The molecule has 0 bridgehead atoms. The highest BCUT2D eigenvalue weighted by Crippen LogP contribution is 2.55. The van der Waals surface area contributed by atoms with Crippen LogP contribution in [0.15, 0.2) is 87.1 Å². The van der Waals surface area contributed by atoms with Crippen molar-refractivity contribution in [3.8, 4) is 5.75 Å². The quantitative estimate of drug-likeness (QED) is 0.285. The SMILES string of the molecule is COc1ccccc1[C@@H]1c2sc(=O)n(CC(=O)Nc3ccc(F)cc3)c2S[C@H]2C(=O)N(c3ccc(Br)cc3)C(=O)[C@@H]12. The first-order valence-electron chi connectivity index (χ1n) is 12.5. The molecular weight excluding hydrogens is 633 g/mol. The second kappa shape index (κ2) is 10.9. The molecule has 3 amide bonds. The number of nitrogens with one attached hydrogen (secondary N) is 1. The molecular formula is C29H21BrFN3O5S2. The van der Waals surface area contributed by atoms with Crippen LogP contribution in [0.2, 0.25) is 0 Å². The molecule has 8 nitrogen and oxygen atoms in total. The van der Waals surface area contributed by atoms with Gasteiger partial charge < -0.3 is 10.1 Å². The number of fused-ring (bicyclic) bond motifs is 2. The summed E-state index contributed by atoms with van der Waals surface area (Å²) in [6.45, 7) is -0.316. The van der Waals surface area contributed by atoms with E-state index in [0.717, 1.165) is 27.6 Å². The summed E-state index contributed by atoms with van der Waals surface area (Å²) < 4.78 is 21.1. The number of nitrogens with zero attached hydrogens (tertiary/aromatic N) is 2. The molecule has 3 aromatic carbocycles. The maximum absolute atomic E-state index is 14.0. The van der Waals surface area contributed by atoms with Gasteiger partial charge in [-0.15, -0.1) is 0 Å².